The van der Waals surface area contributed by atoms with Crippen LogP contribution in [0.15, 0.2) is 0 Å². The van der Waals surface area contributed by atoms with E-state index in [1.54, 1.807) is 0 Å². The Kier molecular flexibility index (Phi) is 5.04. The molecule has 0 aromatic carbocycles. The maximum atomic E-state index is 12.8. The van der Waals surface area contributed by atoms with Crippen LogP contribution in [0.5, 0.6) is 0 Å². The first-order valence-electron chi connectivity index (χ1n) is 7.92. The van der Waals surface area contributed by atoms with Gasteiger partial charge in [0.25, 0.3) is 0 Å². The lowest BCUT2D eigenvalue weighted by Crippen LogP contribution is -2.63. The van der Waals surface area contributed by atoms with Crippen molar-refractivity contribution in [3.05, 3.63) is 0 Å². The van der Waals surface area contributed by atoms with E-state index in [0.717, 1.165) is 52.4 Å². The van der Waals surface area contributed by atoms with Crippen molar-refractivity contribution in [2.45, 2.75) is 39.3 Å². The first-order valence-corrected chi connectivity index (χ1v) is 7.92. The van der Waals surface area contributed by atoms with Gasteiger partial charge in [0, 0.05) is 58.4 Å². The third-order valence-electron chi connectivity index (χ3n) is 4.76. The predicted molar refractivity (Wildman–Crippen MR) is 81.8 cm³/mol. The molecule has 0 aliphatic carbocycles. The summed E-state index contributed by atoms with van der Waals surface area (Å²) in [6, 6.07) is 0.577. The van der Waals surface area contributed by atoms with Crippen molar-refractivity contribution in [1.29, 1.82) is 0 Å². The second kappa shape index (κ2) is 6.41. The molecule has 0 aromatic rings. The van der Waals surface area contributed by atoms with Gasteiger partial charge in [0.1, 0.15) is 0 Å². The molecule has 0 atom stereocenters. The SMILES string of the molecule is CC(C)N1CCN(C(=O)C(C)(C)N2CCNCC2)CC1. The molecule has 0 radical (unpaired) electrons. The molecular formula is C15H30N4O. The number of piperazine rings is 2. The smallest absolute Gasteiger partial charge is 0.242 e. The van der Waals surface area contributed by atoms with Crippen LogP contribution in [0.1, 0.15) is 27.7 Å². The van der Waals surface area contributed by atoms with E-state index in [9.17, 15) is 4.79 Å². The van der Waals surface area contributed by atoms with Gasteiger partial charge in [-0.15, -0.1) is 0 Å². The molecule has 0 spiro atoms. The van der Waals surface area contributed by atoms with Crippen LogP contribution in [-0.4, -0.2) is 84.5 Å². The fourth-order valence-electron chi connectivity index (χ4n) is 3.19. The second-order valence-corrected chi connectivity index (χ2v) is 6.72. The summed E-state index contributed by atoms with van der Waals surface area (Å²) in [5.74, 6) is 0.294. The molecular weight excluding hydrogens is 252 g/mol. The van der Waals surface area contributed by atoms with E-state index < -0.39 is 0 Å². The van der Waals surface area contributed by atoms with Crippen LogP contribution >= 0.6 is 0 Å². The van der Waals surface area contributed by atoms with Crippen LogP contribution in [0.4, 0.5) is 0 Å². The Bertz CT molecular complexity index is 329. The molecule has 2 aliphatic rings. The largest absolute Gasteiger partial charge is 0.339 e. The predicted octanol–water partition coefficient (Wildman–Crippen LogP) is 0.223. The number of amides is 1. The summed E-state index contributed by atoms with van der Waals surface area (Å²) in [7, 11) is 0. The molecule has 2 fully saturated rings. The summed E-state index contributed by atoms with van der Waals surface area (Å²) < 4.78 is 0. The lowest BCUT2D eigenvalue weighted by atomic mass is 9.99. The highest BCUT2D eigenvalue weighted by atomic mass is 16.2. The van der Waals surface area contributed by atoms with Crippen molar-refractivity contribution in [2.24, 2.45) is 0 Å². The quantitative estimate of drug-likeness (QED) is 0.804. The molecule has 1 N–H and O–H groups in total. The maximum Gasteiger partial charge on any atom is 0.242 e. The van der Waals surface area contributed by atoms with Crippen LogP contribution in [0.25, 0.3) is 0 Å². The number of nitrogens with one attached hydrogen (secondary N) is 1. The highest BCUT2D eigenvalue weighted by Crippen LogP contribution is 2.20. The molecule has 2 heterocycles. The third-order valence-corrected chi connectivity index (χ3v) is 4.76. The number of rotatable bonds is 3. The fourth-order valence-corrected chi connectivity index (χ4v) is 3.19. The first-order chi connectivity index (χ1) is 9.43. The Morgan fingerprint density at radius 2 is 1.55 bits per heavy atom. The van der Waals surface area contributed by atoms with Crippen molar-refractivity contribution in [3.63, 3.8) is 0 Å². The monoisotopic (exact) mass is 282 g/mol. The minimum absolute atomic E-state index is 0.294. The van der Waals surface area contributed by atoms with Crippen molar-refractivity contribution in [1.82, 2.24) is 20.0 Å². The molecule has 0 aromatic heterocycles. The summed E-state index contributed by atoms with van der Waals surface area (Å²) >= 11 is 0. The number of nitrogens with zero attached hydrogens (tertiary/aromatic N) is 3. The van der Waals surface area contributed by atoms with Crippen LogP contribution in [0.2, 0.25) is 0 Å². The van der Waals surface area contributed by atoms with Gasteiger partial charge in [-0.25, -0.2) is 0 Å². The minimum atomic E-state index is -0.373. The van der Waals surface area contributed by atoms with Gasteiger partial charge in [0.2, 0.25) is 5.91 Å². The Labute approximate surface area is 123 Å². The Morgan fingerprint density at radius 1 is 1.00 bits per heavy atom. The summed E-state index contributed by atoms with van der Waals surface area (Å²) in [5, 5.41) is 3.35. The molecule has 0 unspecified atom stereocenters. The molecule has 2 aliphatic heterocycles. The molecule has 5 heteroatoms. The van der Waals surface area contributed by atoms with E-state index in [4.69, 9.17) is 0 Å². The zero-order chi connectivity index (χ0) is 14.8. The topological polar surface area (TPSA) is 38.8 Å². The third kappa shape index (κ3) is 3.32. The van der Waals surface area contributed by atoms with Crippen molar-refractivity contribution in [3.8, 4) is 0 Å². The average Bonchev–Trinajstić information content (AvgIpc) is 2.47. The molecule has 0 saturated carbocycles. The highest BCUT2D eigenvalue weighted by molar-refractivity contribution is 5.85. The molecule has 2 rings (SSSR count). The summed E-state index contributed by atoms with van der Waals surface area (Å²) in [4.78, 5) is 19.7. The second-order valence-electron chi connectivity index (χ2n) is 6.72. The van der Waals surface area contributed by atoms with Gasteiger partial charge < -0.3 is 10.2 Å². The number of hydrogen-bond acceptors (Lipinski definition) is 4. The zero-order valence-electron chi connectivity index (χ0n) is 13.5. The van der Waals surface area contributed by atoms with Gasteiger partial charge in [-0.05, 0) is 27.7 Å². The van der Waals surface area contributed by atoms with Gasteiger partial charge in [0.05, 0.1) is 5.54 Å². The van der Waals surface area contributed by atoms with Crippen LogP contribution < -0.4 is 5.32 Å². The number of carbonyl (C=O) groups excluding carboxylic acids is 1. The van der Waals surface area contributed by atoms with Crippen molar-refractivity contribution >= 4 is 5.91 Å². The molecule has 5 nitrogen and oxygen atoms in total. The van der Waals surface area contributed by atoms with Gasteiger partial charge in [-0.3, -0.25) is 14.6 Å². The van der Waals surface area contributed by atoms with Crippen molar-refractivity contribution < 1.29 is 4.79 Å². The van der Waals surface area contributed by atoms with E-state index in [2.05, 4.69) is 47.7 Å². The first kappa shape index (κ1) is 15.7. The Hall–Kier alpha value is -0.650. The van der Waals surface area contributed by atoms with Crippen LogP contribution in [-0.2, 0) is 4.79 Å². The average molecular weight is 282 g/mol. The summed E-state index contributed by atoms with van der Waals surface area (Å²) in [6.07, 6.45) is 0. The fraction of sp³-hybridized carbons (Fsp3) is 0.933. The van der Waals surface area contributed by atoms with E-state index in [-0.39, 0.29) is 5.54 Å². The van der Waals surface area contributed by atoms with Gasteiger partial charge in [-0.2, -0.15) is 0 Å². The minimum Gasteiger partial charge on any atom is -0.339 e. The van der Waals surface area contributed by atoms with Gasteiger partial charge >= 0.3 is 0 Å². The normalized spacial score (nSPS) is 23.4. The van der Waals surface area contributed by atoms with E-state index in [0.29, 0.717) is 11.9 Å². The van der Waals surface area contributed by atoms with Gasteiger partial charge in [0.15, 0.2) is 0 Å². The summed E-state index contributed by atoms with van der Waals surface area (Å²) in [6.45, 7) is 16.2. The Balaban J connectivity index is 1.93. The van der Waals surface area contributed by atoms with Gasteiger partial charge in [-0.1, -0.05) is 0 Å². The standard InChI is InChI=1S/C15H30N4O/c1-13(2)17-9-11-18(12-10-17)14(20)15(3,4)19-7-5-16-6-8-19/h13,16H,5-12H2,1-4H3. The molecule has 0 bridgehead atoms. The molecule has 1 amide bonds. The van der Waals surface area contributed by atoms with E-state index in [1.807, 2.05) is 0 Å². The lowest BCUT2D eigenvalue weighted by Gasteiger charge is -2.45. The van der Waals surface area contributed by atoms with E-state index in [1.165, 1.54) is 0 Å². The molecule has 116 valence electrons. The Morgan fingerprint density at radius 3 is 2.05 bits per heavy atom. The summed E-state index contributed by atoms with van der Waals surface area (Å²) in [5.41, 5.74) is -0.373. The van der Waals surface area contributed by atoms with Crippen LogP contribution in [0, 0.1) is 0 Å². The highest BCUT2D eigenvalue weighted by Gasteiger charge is 2.39. The number of carbonyl (C=O) groups is 1. The zero-order valence-corrected chi connectivity index (χ0v) is 13.5. The lowest BCUT2D eigenvalue weighted by molar-refractivity contribution is -0.145. The number of hydrogen-bond donors (Lipinski definition) is 1. The molecule has 2 saturated heterocycles. The maximum absolute atomic E-state index is 12.8. The van der Waals surface area contributed by atoms with E-state index >= 15 is 0 Å². The molecule has 20 heavy (non-hydrogen) atoms. The van der Waals surface area contributed by atoms with Crippen molar-refractivity contribution in [2.75, 3.05) is 52.4 Å². The van der Waals surface area contributed by atoms with Crippen LogP contribution in [0.3, 0.4) is 0 Å².